The summed E-state index contributed by atoms with van der Waals surface area (Å²) < 4.78 is 32.9. The van der Waals surface area contributed by atoms with Gasteiger partial charge in [-0.2, -0.15) is 8.42 Å². The molecule has 0 saturated carbocycles. The van der Waals surface area contributed by atoms with Crippen LogP contribution >= 0.6 is 0 Å². The van der Waals surface area contributed by atoms with Gasteiger partial charge < -0.3 is 10.1 Å². The Balaban J connectivity index is 2.67. The maximum atomic E-state index is 12.4. The first-order valence-electron chi connectivity index (χ1n) is 8.70. The first kappa shape index (κ1) is 23.3. The number of methoxy groups -OCH3 is 1. The first-order valence-corrected chi connectivity index (χ1v) is 10.3. The van der Waals surface area contributed by atoms with E-state index < -0.39 is 15.7 Å². The number of hydrogen-bond acceptors (Lipinski definition) is 6. The van der Waals surface area contributed by atoms with Crippen LogP contribution in [-0.2, 0) is 30.3 Å². The van der Waals surface area contributed by atoms with Crippen molar-refractivity contribution < 1.29 is 26.9 Å². The molecule has 1 aromatic carbocycles. The first-order chi connectivity index (χ1) is 12.5. The van der Waals surface area contributed by atoms with Crippen molar-refractivity contribution in [3.05, 3.63) is 35.4 Å². The molecule has 0 fully saturated rings. The molecular weight excluding hydrogens is 370 g/mol. The second-order valence-corrected chi connectivity index (χ2v) is 8.94. The molecule has 1 atom stereocenters. The van der Waals surface area contributed by atoms with Crippen LogP contribution in [0, 0.1) is 0 Å². The second-order valence-electron chi connectivity index (χ2n) is 7.21. The van der Waals surface area contributed by atoms with E-state index in [1.807, 2.05) is 12.1 Å². The van der Waals surface area contributed by atoms with E-state index >= 15 is 0 Å². The van der Waals surface area contributed by atoms with E-state index in [9.17, 15) is 18.0 Å². The lowest BCUT2D eigenvalue weighted by Gasteiger charge is -2.25. The van der Waals surface area contributed by atoms with Crippen LogP contribution in [0.15, 0.2) is 24.3 Å². The molecule has 1 N–H and O–H groups in total. The number of ketones is 1. The topological polar surface area (TPSA) is 98.8 Å². The van der Waals surface area contributed by atoms with Crippen LogP contribution in [0.4, 0.5) is 0 Å². The Labute approximate surface area is 161 Å². The van der Waals surface area contributed by atoms with Crippen LogP contribution in [0.5, 0.6) is 0 Å². The number of carbonyl (C=O) groups is 2. The van der Waals surface area contributed by atoms with Crippen LogP contribution in [0.1, 0.15) is 49.5 Å². The van der Waals surface area contributed by atoms with Crippen molar-refractivity contribution in [1.29, 1.82) is 0 Å². The van der Waals surface area contributed by atoms with Gasteiger partial charge >= 0.3 is 0 Å². The molecule has 0 aliphatic heterocycles. The van der Waals surface area contributed by atoms with Crippen LogP contribution < -0.4 is 5.32 Å². The molecule has 8 heteroatoms. The van der Waals surface area contributed by atoms with E-state index in [0.29, 0.717) is 18.4 Å². The van der Waals surface area contributed by atoms with Gasteiger partial charge in [0, 0.05) is 19.1 Å². The second kappa shape index (κ2) is 9.96. The number of carbonyl (C=O) groups excluding carboxylic acids is 2. The summed E-state index contributed by atoms with van der Waals surface area (Å²) >= 11 is 0. The third kappa shape index (κ3) is 8.64. The third-order valence-electron chi connectivity index (χ3n) is 4.06. The number of hydrogen-bond donors (Lipinski definition) is 1. The van der Waals surface area contributed by atoms with E-state index in [2.05, 4.69) is 9.50 Å². The summed E-state index contributed by atoms with van der Waals surface area (Å²) in [4.78, 5) is 23.6. The average Bonchev–Trinajstić information content (AvgIpc) is 2.57. The van der Waals surface area contributed by atoms with Crippen molar-refractivity contribution in [1.82, 2.24) is 5.32 Å². The van der Waals surface area contributed by atoms with E-state index in [0.717, 1.165) is 19.1 Å². The smallest absolute Gasteiger partial charge is 0.269 e. The summed E-state index contributed by atoms with van der Waals surface area (Å²) in [5.41, 5.74) is 0.496. The molecule has 0 bridgehead atoms. The van der Waals surface area contributed by atoms with Gasteiger partial charge in [-0.1, -0.05) is 12.1 Å². The van der Waals surface area contributed by atoms with Gasteiger partial charge in [0.15, 0.2) is 0 Å². The Hall–Kier alpha value is -1.77. The van der Waals surface area contributed by atoms with Crippen LogP contribution in [0.25, 0.3) is 0 Å². The Morgan fingerprint density at radius 2 is 1.74 bits per heavy atom. The third-order valence-corrected chi connectivity index (χ3v) is 5.65. The lowest BCUT2D eigenvalue weighted by molar-refractivity contribution is -0.119. The molecule has 0 radical (unpaired) electrons. The molecule has 0 heterocycles. The van der Waals surface area contributed by atoms with Gasteiger partial charge in [0.25, 0.3) is 16.0 Å². The molecule has 0 aromatic heterocycles. The molecule has 0 spiro atoms. The number of ether oxygens (including phenoxy) is 1. The Bertz CT molecular complexity index is 740. The van der Waals surface area contributed by atoms with E-state index in [1.54, 1.807) is 40.0 Å². The highest BCUT2D eigenvalue weighted by Crippen LogP contribution is 2.14. The predicted molar refractivity (Wildman–Crippen MR) is 103 cm³/mol. The predicted octanol–water partition coefficient (Wildman–Crippen LogP) is 2.10. The van der Waals surface area contributed by atoms with E-state index in [1.165, 1.54) is 0 Å². The van der Waals surface area contributed by atoms with Gasteiger partial charge in [0.05, 0.1) is 24.5 Å². The molecule has 1 rings (SSSR count). The largest absolute Gasteiger partial charge is 0.381 e. The summed E-state index contributed by atoms with van der Waals surface area (Å²) in [5, 5.41) is 2.71. The summed E-state index contributed by atoms with van der Waals surface area (Å²) in [6.45, 7) is 4.78. The minimum absolute atomic E-state index is 0.0898. The molecule has 27 heavy (non-hydrogen) atoms. The zero-order valence-corrected chi connectivity index (χ0v) is 17.4. The van der Waals surface area contributed by atoms with Crippen molar-refractivity contribution in [3.8, 4) is 0 Å². The lowest BCUT2D eigenvalue weighted by Crippen LogP contribution is -2.48. The number of rotatable bonds is 11. The molecule has 0 saturated heterocycles. The minimum Gasteiger partial charge on any atom is -0.381 e. The Kier molecular flexibility index (Phi) is 8.59. The quantitative estimate of drug-likeness (QED) is 0.572. The molecular formula is C19H29NO6S. The number of nitrogens with one attached hydrogen (secondary N) is 1. The number of aryl methyl sites for hydroxylation is 1. The normalized spacial score (nSPS) is 13.2. The van der Waals surface area contributed by atoms with Crippen molar-refractivity contribution in [2.24, 2.45) is 0 Å². The zero-order chi connectivity index (χ0) is 20.7. The Morgan fingerprint density at radius 3 is 2.22 bits per heavy atom. The number of Topliss-reactive ketones (excluding diaryl/α,β-unsaturated/α-hetero) is 1. The molecule has 1 amide bonds. The average molecular weight is 400 g/mol. The number of benzene rings is 1. The molecule has 0 aliphatic rings. The SMILES string of the molecule is COC(CCc1ccc(C(=O)NC(C)(C)CS(=O)(=O)OC)cc1)CC(C)=O. The monoisotopic (exact) mass is 399 g/mol. The summed E-state index contributed by atoms with van der Waals surface area (Å²) in [6.07, 6.45) is 1.71. The standard InChI is InChI=1S/C19H29NO6S/c1-14(21)12-17(25-4)11-8-15-6-9-16(10-7-15)18(22)20-19(2,3)13-27(23,24)26-5/h6-7,9-10,17H,8,11-13H2,1-5H3,(H,20,22). The van der Waals surface area contributed by atoms with E-state index in [-0.39, 0.29) is 23.5 Å². The molecule has 7 nitrogen and oxygen atoms in total. The van der Waals surface area contributed by atoms with Gasteiger partial charge in [-0.05, 0) is 51.3 Å². The minimum atomic E-state index is -3.69. The van der Waals surface area contributed by atoms with Gasteiger partial charge in [-0.25, -0.2) is 0 Å². The van der Waals surface area contributed by atoms with Crippen LogP contribution in [-0.4, -0.2) is 51.7 Å². The van der Waals surface area contributed by atoms with Crippen LogP contribution in [0.3, 0.4) is 0 Å². The highest BCUT2D eigenvalue weighted by atomic mass is 32.2. The Morgan fingerprint density at radius 1 is 1.15 bits per heavy atom. The van der Waals surface area contributed by atoms with Gasteiger partial charge in [0.2, 0.25) is 0 Å². The molecule has 1 unspecified atom stereocenters. The number of amides is 1. The van der Waals surface area contributed by atoms with Crippen molar-refractivity contribution >= 4 is 21.8 Å². The van der Waals surface area contributed by atoms with Gasteiger partial charge in [-0.15, -0.1) is 0 Å². The summed E-state index contributed by atoms with van der Waals surface area (Å²) in [7, 11) is -1.01. The fraction of sp³-hybridized carbons (Fsp3) is 0.579. The van der Waals surface area contributed by atoms with Crippen molar-refractivity contribution in [3.63, 3.8) is 0 Å². The van der Waals surface area contributed by atoms with Gasteiger partial charge in [0.1, 0.15) is 5.78 Å². The molecule has 1 aromatic rings. The fourth-order valence-electron chi connectivity index (χ4n) is 2.69. The fourth-order valence-corrected chi connectivity index (χ4v) is 3.76. The van der Waals surface area contributed by atoms with Gasteiger partial charge in [-0.3, -0.25) is 13.8 Å². The van der Waals surface area contributed by atoms with Crippen LogP contribution in [0.2, 0.25) is 0 Å². The highest BCUT2D eigenvalue weighted by molar-refractivity contribution is 7.86. The molecule has 152 valence electrons. The van der Waals surface area contributed by atoms with E-state index in [4.69, 9.17) is 4.74 Å². The summed E-state index contributed by atoms with van der Waals surface area (Å²) in [5.74, 6) is -0.592. The summed E-state index contributed by atoms with van der Waals surface area (Å²) in [6, 6.07) is 7.07. The maximum Gasteiger partial charge on any atom is 0.269 e. The maximum absolute atomic E-state index is 12.4. The van der Waals surface area contributed by atoms with Crippen molar-refractivity contribution in [2.45, 2.75) is 51.7 Å². The highest BCUT2D eigenvalue weighted by Gasteiger charge is 2.28. The van der Waals surface area contributed by atoms with Crippen molar-refractivity contribution in [2.75, 3.05) is 20.0 Å². The molecule has 0 aliphatic carbocycles. The zero-order valence-electron chi connectivity index (χ0n) is 16.6. The lowest BCUT2D eigenvalue weighted by atomic mass is 10.0.